The largest absolute Gasteiger partial charge is 0.339 e. The second kappa shape index (κ2) is 8.70. The summed E-state index contributed by atoms with van der Waals surface area (Å²) in [6, 6.07) is 15.0. The third-order valence-electron chi connectivity index (χ3n) is 6.19. The SMILES string of the molecule is CN(c1ccccc1)S(=O)(=O)c1cccc(C(=O)N2CCN(C(=O)C3CCC3)CC2)c1. The van der Waals surface area contributed by atoms with Gasteiger partial charge >= 0.3 is 0 Å². The maximum atomic E-state index is 13.1. The number of carbonyl (C=O) groups is 2. The Balaban J connectivity index is 1.45. The molecule has 0 radical (unpaired) electrons. The lowest BCUT2D eigenvalue weighted by molar-refractivity contribution is -0.139. The van der Waals surface area contributed by atoms with E-state index in [1.807, 2.05) is 11.0 Å². The van der Waals surface area contributed by atoms with E-state index in [2.05, 4.69) is 0 Å². The molecule has 1 heterocycles. The van der Waals surface area contributed by atoms with Crippen molar-refractivity contribution in [1.29, 1.82) is 0 Å². The fourth-order valence-electron chi connectivity index (χ4n) is 3.95. The average Bonchev–Trinajstić information content (AvgIpc) is 2.77. The van der Waals surface area contributed by atoms with Gasteiger partial charge in [0.15, 0.2) is 0 Å². The topological polar surface area (TPSA) is 78.0 Å². The molecule has 2 aromatic rings. The van der Waals surface area contributed by atoms with Gasteiger partial charge in [-0.05, 0) is 43.2 Å². The molecule has 1 saturated heterocycles. The molecule has 1 aliphatic carbocycles. The van der Waals surface area contributed by atoms with E-state index >= 15 is 0 Å². The number of nitrogens with zero attached hydrogens (tertiary/aromatic N) is 3. The molecule has 8 heteroatoms. The van der Waals surface area contributed by atoms with Gasteiger partial charge in [0.05, 0.1) is 10.6 Å². The number of rotatable bonds is 5. The quantitative estimate of drug-likeness (QED) is 0.715. The first kappa shape index (κ1) is 21.4. The molecular weight excluding hydrogens is 414 g/mol. The standard InChI is InChI=1S/C23H27N3O4S/c1-24(20-10-3-2-4-11-20)31(29,30)21-12-6-9-19(17-21)23(28)26-15-13-25(14-16-26)22(27)18-7-5-8-18/h2-4,6,9-12,17-18H,5,7-8,13-16H2,1H3. The first-order chi connectivity index (χ1) is 14.9. The summed E-state index contributed by atoms with van der Waals surface area (Å²) in [5, 5.41) is 0. The van der Waals surface area contributed by atoms with Gasteiger partial charge in [-0.25, -0.2) is 8.42 Å². The van der Waals surface area contributed by atoms with Crippen molar-refractivity contribution in [2.75, 3.05) is 37.5 Å². The molecule has 1 aliphatic heterocycles. The van der Waals surface area contributed by atoms with Gasteiger partial charge in [-0.1, -0.05) is 30.7 Å². The van der Waals surface area contributed by atoms with Gasteiger partial charge in [0.1, 0.15) is 0 Å². The summed E-state index contributed by atoms with van der Waals surface area (Å²) in [5.41, 5.74) is 0.882. The monoisotopic (exact) mass is 441 g/mol. The smallest absolute Gasteiger partial charge is 0.264 e. The minimum absolute atomic E-state index is 0.0727. The summed E-state index contributed by atoms with van der Waals surface area (Å²) in [7, 11) is -2.30. The maximum absolute atomic E-state index is 13.1. The summed E-state index contributed by atoms with van der Waals surface area (Å²) in [5.74, 6) is 0.149. The number of sulfonamides is 1. The molecule has 0 bridgehead atoms. The molecule has 2 aliphatic rings. The Morgan fingerprint density at radius 1 is 0.903 bits per heavy atom. The zero-order valence-corrected chi connectivity index (χ0v) is 18.4. The summed E-state index contributed by atoms with van der Waals surface area (Å²) < 4.78 is 27.3. The van der Waals surface area contributed by atoms with E-state index in [0.717, 1.165) is 19.3 Å². The third kappa shape index (κ3) is 4.30. The number of benzene rings is 2. The minimum atomic E-state index is -3.80. The number of hydrogen-bond acceptors (Lipinski definition) is 4. The van der Waals surface area contributed by atoms with Crippen molar-refractivity contribution in [3.63, 3.8) is 0 Å². The highest BCUT2D eigenvalue weighted by atomic mass is 32.2. The fraction of sp³-hybridized carbons (Fsp3) is 0.391. The maximum Gasteiger partial charge on any atom is 0.264 e. The van der Waals surface area contributed by atoms with Gasteiger partial charge in [0.2, 0.25) is 5.91 Å². The molecule has 2 fully saturated rings. The van der Waals surface area contributed by atoms with Gasteiger partial charge < -0.3 is 9.80 Å². The number of anilines is 1. The van der Waals surface area contributed by atoms with Crippen LogP contribution < -0.4 is 4.31 Å². The van der Waals surface area contributed by atoms with Gasteiger partial charge in [-0.15, -0.1) is 0 Å². The molecule has 1 saturated carbocycles. The zero-order valence-electron chi connectivity index (χ0n) is 17.6. The molecule has 7 nitrogen and oxygen atoms in total. The van der Waals surface area contributed by atoms with Gasteiger partial charge in [-0.3, -0.25) is 13.9 Å². The van der Waals surface area contributed by atoms with E-state index in [0.29, 0.717) is 37.4 Å². The van der Waals surface area contributed by atoms with Crippen LogP contribution in [0.25, 0.3) is 0 Å². The number of carbonyl (C=O) groups excluding carboxylic acids is 2. The predicted octanol–water partition coefficient (Wildman–Crippen LogP) is 2.60. The number of para-hydroxylation sites is 1. The molecule has 2 aromatic carbocycles. The van der Waals surface area contributed by atoms with Crippen LogP contribution in [0.5, 0.6) is 0 Å². The minimum Gasteiger partial charge on any atom is -0.339 e. The van der Waals surface area contributed by atoms with Crippen LogP contribution in [0.15, 0.2) is 59.5 Å². The summed E-state index contributed by atoms with van der Waals surface area (Å²) in [6.07, 6.45) is 3.06. The van der Waals surface area contributed by atoms with E-state index in [-0.39, 0.29) is 22.6 Å². The summed E-state index contributed by atoms with van der Waals surface area (Å²) in [4.78, 5) is 29.0. The number of piperazine rings is 1. The average molecular weight is 442 g/mol. The van der Waals surface area contributed by atoms with E-state index in [1.165, 1.54) is 23.5 Å². The number of amides is 2. The Bertz CT molecular complexity index is 1060. The molecule has 0 aromatic heterocycles. The van der Waals surface area contributed by atoms with Crippen molar-refractivity contribution in [3.05, 3.63) is 60.2 Å². The molecule has 0 atom stereocenters. The Kier molecular flexibility index (Phi) is 6.00. The van der Waals surface area contributed by atoms with Crippen LogP contribution in [-0.4, -0.2) is 63.3 Å². The van der Waals surface area contributed by atoms with E-state index < -0.39 is 10.0 Å². The second-order valence-electron chi connectivity index (χ2n) is 8.08. The van der Waals surface area contributed by atoms with Crippen LogP contribution in [-0.2, 0) is 14.8 Å². The van der Waals surface area contributed by atoms with Crippen molar-refractivity contribution in [3.8, 4) is 0 Å². The highest BCUT2D eigenvalue weighted by Gasteiger charge is 2.32. The van der Waals surface area contributed by atoms with Gasteiger partial charge in [0.25, 0.3) is 15.9 Å². The first-order valence-electron chi connectivity index (χ1n) is 10.6. The van der Waals surface area contributed by atoms with Gasteiger partial charge in [0, 0.05) is 44.7 Å². The highest BCUT2D eigenvalue weighted by molar-refractivity contribution is 7.92. The van der Waals surface area contributed by atoms with Crippen molar-refractivity contribution >= 4 is 27.5 Å². The molecule has 31 heavy (non-hydrogen) atoms. The van der Waals surface area contributed by atoms with Crippen LogP contribution in [0.2, 0.25) is 0 Å². The Hall–Kier alpha value is -2.87. The molecule has 2 amide bonds. The lowest BCUT2D eigenvalue weighted by atomic mass is 9.84. The van der Waals surface area contributed by atoms with Crippen molar-refractivity contribution < 1.29 is 18.0 Å². The normalized spacial score (nSPS) is 17.2. The molecule has 0 N–H and O–H groups in total. The summed E-state index contributed by atoms with van der Waals surface area (Å²) in [6.45, 7) is 1.96. The highest BCUT2D eigenvalue weighted by Crippen LogP contribution is 2.29. The van der Waals surface area contributed by atoms with Gasteiger partial charge in [-0.2, -0.15) is 0 Å². The summed E-state index contributed by atoms with van der Waals surface area (Å²) >= 11 is 0. The Labute approximate surface area is 183 Å². The Morgan fingerprint density at radius 3 is 2.16 bits per heavy atom. The first-order valence-corrected chi connectivity index (χ1v) is 12.0. The lowest BCUT2D eigenvalue weighted by Gasteiger charge is -2.38. The second-order valence-corrected chi connectivity index (χ2v) is 10.1. The predicted molar refractivity (Wildman–Crippen MR) is 118 cm³/mol. The van der Waals surface area contributed by atoms with E-state index in [4.69, 9.17) is 0 Å². The molecular formula is C23H27N3O4S. The van der Waals surface area contributed by atoms with Crippen LogP contribution in [0, 0.1) is 5.92 Å². The van der Waals surface area contributed by atoms with Crippen LogP contribution >= 0.6 is 0 Å². The van der Waals surface area contributed by atoms with Crippen molar-refractivity contribution in [2.45, 2.75) is 24.2 Å². The van der Waals surface area contributed by atoms with Crippen LogP contribution in [0.3, 0.4) is 0 Å². The molecule has 0 unspecified atom stereocenters. The van der Waals surface area contributed by atoms with Crippen LogP contribution in [0.1, 0.15) is 29.6 Å². The molecule has 0 spiro atoms. The lowest BCUT2D eigenvalue weighted by Crippen LogP contribution is -2.52. The molecule has 164 valence electrons. The van der Waals surface area contributed by atoms with E-state index in [1.54, 1.807) is 41.3 Å². The fourth-order valence-corrected chi connectivity index (χ4v) is 5.19. The van der Waals surface area contributed by atoms with E-state index in [9.17, 15) is 18.0 Å². The third-order valence-corrected chi connectivity index (χ3v) is 7.97. The Morgan fingerprint density at radius 2 is 1.55 bits per heavy atom. The zero-order chi connectivity index (χ0) is 22.0. The van der Waals surface area contributed by atoms with Crippen molar-refractivity contribution in [1.82, 2.24) is 9.80 Å². The number of hydrogen-bond donors (Lipinski definition) is 0. The molecule has 4 rings (SSSR count). The van der Waals surface area contributed by atoms with Crippen molar-refractivity contribution in [2.24, 2.45) is 5.92 Å². The van der Waals surface area contributed by atoms with Crippen LogP contribution in [0.4, 0.5) is 5.69 Å².